The van der Waals surface area contributed by atoms with Gasteiger partial charge in [-0.25, -0.2) is 9.97 Å². The number of nitrogens with one attached hydrogen (secondary N) is 1. The smallest absolute Gasteiger partial charge is 0.241 e. The van der Waals surface area contributed by atoms with Crippen LogP contribution in [0.5, 0.6) is 0 Å². The van der Waals surface area contributed by atoms with E-state index in [0.717, 1.165) is 45.6 Å². The number of nitrogen functional groups attached to an aromatic ring is 1. The number of nitrogens with zero attached hydrogens (tertiary/aromatic N) is 5. The van der Waals surface area contributed by atoms with Crippen molar-refractivity contribution in [3.8, 4) is 11.1 Å². The van der Waals surface area contributed by atoms with E-state index < -0.39 is 0 Å². The molecule has 0 bridgehead atoms. The molecule has 0 atom stereocenters. The van der Waals surface area contributed by atoms with Crippen molar-refractivity contribution in [3.63, 3.8) is 0 Å². The Labute approximate surface area is 185 Å². The third-order valence-electron chi connectivity index (χ3n) is 5.69. The van der Waals surface area contributed by atoms with E-state index in [2.05, 4.69) is 38.4 Å². The van der Waals surface area contributed by atoms with E-state index in [1.54, 1.807) is 11.1 Å². The van der Waals surface area contributed by atoms with Crippen molar-refractivity contribution in [3.05, 3.63) is 66.1 Å². The SMILES string of the molecule is CN1CCN(c2ccc(/C=C/c3n[nH]c4cc(-c5ccnc(N)c5)ccc34)cn2)CC1=O. The first-order valence-electron chi connectivity index (χ1n) is 10.4. The molecule has 3 N–H and O–H groups in total. The second kappa shape index (κ2) is 8.14. The lowest BCUT2D eigenvalue weighted by Gasteiger charge is -2.32. The van der Waals surface area contributed by atoms with Gasteiger partial charge in [-0.05, 0) is 59.2 Å². The summed E-state index contributed by atoms with van der Waals surface area (Å²) in [6, 6.07) is 13.9. The number of carbonyl (C=O) groups excluding carboxylic acids is 1. The average Bonchev–Trinajstić information content (AvgIpc) is 3.22. The number of hydrogen-bond donors (Lipinski definition) is 2. The summed E-state index contributed by atoms with van der Waals surface area (Å²) in [4.78, 5) is 24.3. The molecule has 0 aliphatic carbocycles. The van der Waals surface area contributed by atoms with Gasteiger partial charge >= 0.3 is 0 Å². The summed E-state index contributed by atoms with van der Waals surface area (Å²) < 4.78 is 0. The normalized spacial score (nSPS) is 14.6. The Balaban J connectivity index is 1.33. The fourth-order valence-electron chi connectivity index (χ4n) is 3.79. The number of aromatic amines is 1. The van der Waals surface area contributed by atoms with Crippen LogP contribution >= 0.6 is 0 Å². The number of fused-ring (bicyclic) bond motifs is 1. The standard InChI is InChI=1S/C24H23N7O/c1-30-10-11-31(15-24(30)32)23-7-3-16(14-27-23)2-6-20-19-5-4-17(12-21(19)29-28-20)18-8-9-26-22(25)13-18/h2-9,12-14H,10-11,15H2,1H3,(H2,25,26)(H,28,29)/b6-2+. The molecule has 8 nitrogen and oxygen atoms in total. The lowest BCUT2D eigenvalue weighted by Crippen LogP contribution is -2.48. The fourth-order valence-corrected chi connectivity index (χ4v) is 3.79. The van der Waals surface area contributed by atoms with Crippen molar-refractivity contribution in [2.24, 2.45) is 0 Å². The molecule has 8 heteroatoms. The molecule has 0 spiro atoms. The zero-order chi connectivity index (χ0) is 22.1. The first kappa shape index (κ1) is 19.7. The molecule has 3 aromatic heterocycles. The average molecular weight is 425 g/mol. The highest BCUT2D eigenvalue weighted by Crippen LogP contribution is 2.26. The number of amides is 1. The van der Waals surface area contributed by atoms with Gasteiger partial charge in [-0.1, -0.05) is 12.1 Å². The maximum atomic E-state index is 11.9. The summed E-state index contributed by atoms with van der Waals surface area (Å²) in [7, 11) is 1.83. The van der Waals surface area contributed by atoms with Gasteiger partial charge in [0.25, 0.3) is 0 Å². The Morgan fingerprint density at radius 1 is 1.03 bits per heavy atom. The van der Waals surface area contributed by atoms with E-state index in [4.69, 9.17) is 5.73 Å². The van der Waals surface area contributed by atoms with Gasteiger partial charge in [0.1, 0.15) is 11.6 Å². The van der Waals surface area contributed by atoms with E-state index in [1.165, 1.54) is 0 Å². The summed E-state index contributed by atoms with van der Waals surface area (Å²) in [5.41, 5.74) is 10.6. The maximum Gasteiger partial charge on any atom is 0.241 e. The number of anilines is 2. The number of benzene rings is 1. The van der Waals surface area contributed by atoms with Crippen LogP contribution in [0.1, 0.15) is 11.3 Å². The minimum absolute atomic E-state index is 0.114. The zero-order valence-corrected chi connectivity index (χ0v) is 17.7. The summed E-state index contributed by atoms with van der Waals surface area (Å²) >= 11 is 0. The Hall–Kier alpha value is -4.20. The molecule has 5 rings (SSSR count). The number of nitrogens with two attached hydrogens (primary N) is 1. The third-order valence-corrected chi connectivity index (χ3v) is 5.69. The van der Waals surface area contributed by atoms with Crippen molar-refractivity contribution >= 4 is 40.6 Å². The van der Waals surface area contributed by atoms with Gasteiger partial charge in [0, 0.05) is 37.9 Å². The maximum absolute atomic E-state index is 11.9. The Morgan fingerprint density at radius 2 is 1.91 bits per heavy atom. The van der Waals surface area contributed by atoms with E-state index >= 15 is 0 Å². The largest absolute Gasteiger partial charge is 0.384 e. The third kappa shape index (κ3) is 3.90. The van der Waals surface area contributed by atoms with Crippen molar-refractivity contribution in [1.82, 2.24) is 25.1 Å². The van der Waals surface area contributed by atoms with E-state index in [9.17, 15) is 4.79 Å². The number of pyridine rings is 2. The molecular weight excluding hydrogens is 402 g/mol. The van der Waals surface area contributed by atoms with Crippen LogP contribution in [-0.4, -0.2) is 57.7 Å². The first-order chi connectivity index (χ1) is 15.6. The number of piperazine rings is 1. The topological polar surface area (TPSA) is 104 Å². The summed E-state index contributed by atoms with van der Waals surface area (Å²) in [6.07, 6.45) is 7.48. The zero-order valence-electron chi connectivity index (χ0n) is 17.7. The van der Waals surface area contributed by atoms with Crippen LogP contribution in [0.2, 0.25) is 0 Å². The molecule has 0 saturated carbocycles. The predicted molar refractivity (Wildman–Crippen MR) is 127 cm³/mol. The lowest BCUT2D eigenvalue weighted by atomic mass is 10.0. The number of rotatable bonds is 4. The number of hydrogen-bond acceptors (Lipinski definition) is 6. The Morgan fingerprint density at radius 3 is 2.69 bits per heavy atom. The Bertz CT molecular complexity index is 1310. The molecule has 1 fully saturated rings. The second-order valence-corrected chi connectivity index (χ2v) is 7.86. The number of likely N-dealkylation sites (N-methyl/N-ethyl adjacent to an activating group) is 1. The van der Waals surface area contributed by atoms with Crippen LogP contribution in [0.15, 0.2) is 54.9 Å². The summed E-state index contributed by atoms with van der Waals surface area (Å²) in [5.74, 6) is 1.43. The minimum atomic E-state index is 0.114. The quantitative estimate of drug-likeness (QED) is 0.521. The molecule has 1 aliphatic rings. The van der Waals surface area contributed by atoms with Crippen molar-refractivity contribution in [2.75, 3.05) is 37.3 Å². The van der Waals surface area contributed by atoms with Crippen LogP contribution in [0.25, 0.3) is 34.2 Å². The molecule has 0 radical (unpaired) electrons. The molecule has 32 heavy (non-hydrogen) atoms. The van der Waals surface area contributed by atoms with Gasteiger partial charge in [0.2, 0.25) is 5.91 Å². The van der Waals surface area contributed by atoms with Crippen LogP contribution in [0, 0.1) is 0 Å². The van der Waals surface area contributed by atoms with E-state index in [1.807, 2.05) is 54.6 Å². The first-order valence-corrected chi connectivity index (χ1v) is 10.4. The predicted octanol–water partition coefficient (Wildman–Crippen LogP) is 3.05. The lowest BCUT2D eigenvalue weighted by molar-refractivity contribution is -0.129. The van der Waals surface area contributed by atoms with Gasteiger partial charge in [0.05, 0.1) is 17.8 Å². The molecule has 1 amide bonds. The van der Waals surface area contributed by atoms with Gasteiger partial charge in [-0.2, -0.15) is 5.10 Å². The highest BCUT2D eigenvalue weighted by molar-refractivity contribution is 5.92. The highest BCUT2D eigenvalue weighted by Gasteiger charge is 2.21. The molecule has 1 saturated heterocycles. The summed E-state index contributed by atoms with van der Waals surface area (Å²) in [5, 5.41) is 8.59. The van der Waals surface area contributed by atoms with Gasteiger partial charge in [-0.3, -0.25) is 9.89 Å². The van der Waals surface area contributed by atoms with E-state index in [-0.39, 0.29) is 5.91 Å². The molecular formula is C24H23N7O. The van der Waals surface area contributed by atoms with Gasteiger partial charge in [-0.15, -0.1) is 0 Å². The Kier molecular flexibility index (Phi) is 5.03. The second-order valence-electron chi connectivity index (χ2n) is 7.86. The molecule has 1 aliphatic heterocycles. The van der Waals surface area contributed by atoms with Crippen LogP contribution in [0.4, 0.5) is 11.6 Å². The number of aromatic nitrogens is 4. The van der Waals surface area contributed by atoms with Crippen LogP contribution in [-0.2, 0) is 4.79 Å². The van der Waals surface area contributed by atoms with Crippen molar-refractivity contribution in [1.29, 1.82) is 0 Å². The minimum Gasteiger partial charge on any atom is -0.384 e. The van der Waals surface area contributed by atoms with Gasteiger partial charge in [0.15, 0.2) is 0 Å². The summed E-state index contributed by atoms with van der Waals surface area (Å²) in [6.45, 7) is 1.87. The number of carbonyl (C=O) groups is 1. The molecule has 0 unspecified atom stereocenters. The van der Waals surface area contributed by atoms with Crippen LogP contribution < -0.4 is 10.6 Å². The van der Waals surface area contributed by atoms with E-state index in [0.29, 0.717) is 18.9 Å². The highest BCUT2D eigenvalue weighted by atomic mass is 16.2. The molecule has 4 aromatic rings. The molecule has 1 aromatic carbocycles. The monoisotopic (exact) mass is 425 g/mol. The van der Waals surface area contributed by atoms with Crippen molar-refractivity contribution in [2.45, 2.75) is 0 Å². The van der Waals surface area contributed by atoms with Gasteiger partial charge < -0.3 is 15.5 Å². The number of H-pyrrole nitrogens is 1. The molecule has 4 heterocycles. The van der Waals surface area contributed by atoms with Crippen molar-refractivity contribution < 1.29 is 4.79 Å². The van der Waals surface area contributed by atoms with Crippen LogP contribution in [0.3, 0.4) is 0 Å². The fraction of sp³-hybridized carbons (Fsp3) is 0.167. The molecule has 160 valence electrons.